The Bertz CT molecular complexity index is 398. The van der Waals surface area contributed by atoms with Crippen LogP contribution in [0.3, 0.4) is 0 Å². The van der Waals surface area contributed by atoms with Gasteiger partial charge in [0.2, 0.25) is 5.89 Å². The van der Waals surface area contributed by atoms with Crippen LogP contribution in [0.2, 0.25) is 0 Å². The average Bonchev–Trinajstić information content (AvgIpc) is 2.87. The van der Waals surface area contributed by atoms with Gasteiger partial charge in [0.1, 0.15) is 6.04 Å². The fraction of sp³-hybridized carbons (Fsp3) is 0.600. The summed E-state index contributed by atoms with van der Waals surface area (Å²) in [7, 11) is 0. The number of amides is 2. The van der Waals surface area contributed by atoms with E-state index in [0.717, 1.165) is 0 Å². The number of urea groups is 1. The summed E-state index contributed by atoms with van der Waals surface area (Å²) in [5.74, 6) is 0.0396. The Morgan fingerprint density at radius 2 is 2.37 bits per heavy atom. The predicted octanol–water partition coefficient (Wildman–Crippen LogP) is 0.118. The zero-order valence-electron chi connectivity index (χ0n) is 10.5. The van der Waals surface area contributed by atoms with E-state index < -0.39 is 18.0 Å². The average molecular weight is 288 g/mol. The third kappa shape index (κ3) is 6.09. The summed E-state index contributed by atoms with van der Waals surface area (Å²) in [6.45, 7) is 0.295. The van der Waals surface area contributed by atoms with Crippen molar-refractivity contribution in [2.75, 3.05) is 18.6 Å². The van der Waals surface area contributed by atoms with Crippen LogP contribution in [0, 0.1) is 0 Å². The maximum Gasteiger partial charge on any atom is 0.326 e. The number of carbonyl (C=O) groups is 2. The molecule has 106 valence electrons. The van der Waals surface area contributed by atoms with Crippen LogP contribution >= 0.6 is 11.8 Å². The highest BCUT2D eigenvalue weighted by Crippen LogP contribution is 2.00. The topological polar surface area (TPSA) is 117 Å². The number of aromatic nitrogens is 2. The molecule has 0 aliphatic carbocycles. The number of carboxylic acid groups (broad SMARTS) is 1. The van der Waals surface area contributed by atoms with Gasteiger partial charge in [0.05, 0.1) is 0 Å². The number of thioether (sulfide) groups is 1. The van der Waals surface area contributed by atoms with E-state index in [1.807, 2.05) is 6.26 Å². The van der Waals surface area contributed by atoms with Gasteiger partial charge in [-0.2, -0.15) is 16.7 Å². The molecule has 1 atom stereocenters. The predicted molar refractivity (Wildman–Crippen MR) is 69.0 cm³/mol. The molecule has 1 heterocycles. The zero-order valence-corrected chi connectivity index (χ0v) is 11.3. The highest BCUT2D eigenvalue weighted by molar-refractivity contribution is 7.98. The highest BCUT2D eigenvalue weighted by atomic mass is 32.2. The molecular weight excluding hydrogens is 272 g/mol. The van der Waals surface area contributed by atoms with E-state index >= 15 is 0 Å². The summed E-state index contributed by atoms with van der Waals surface area (Å²) in [5.41, 5.74) is 0. The van der Waals surface area contributed by atoms with Gasteiger partial charge in [-0.3, -0.25) is 0 Å². The van der Waals surface area contributed by atoms with E-state index in [-0.39, 0.29) is 0 Å². The summed E-state index contributed by atoms with van der Waals surface area (Å²) < 4.78 is 4.76. The van der Waals surface area contributed by atoms with Gasteiger partial charge in [0.15, 0.2) is 6.33 Å². The number of aliphatic carboxylic acids is 1. The molecule has 0 spiro atoms. The van der Waals surface area contributed by atoms with E-state index in [1.54, 1.807) is 0 Å². The van der Waals surface area contributed by atoms with Gasteiger partial charge in [0, 0.05) is 13.0 Å². The van der Waals surface area contributed by atoms with Gasteiger partial charge in [0.25, 0.3) is 0 Å². The Kier molecular flexibility index (Phi) is 6.72. The molecule has 0 aliphatic rings. The van der Waals surface area contributed by atoms with Crippen molar-refractivity contribution in [3.63, 3.8) is 0 Å². The minimum Gasteiger partial charge on any atom is -0.480 e. The Hall–Kier alpha value is -1.77. The van der Waals surface area contributed by atoms with Crippen molar-refractivity contribution in [2.45, 2.75) is 18.9 Å². The largest absolute Gasteiger partial charge is 0.480 e. The number of hydrogen-bond donors (Lipinski definition) is 3. The lowest BCUT2D eigenvalue weighted by Gasteiger charge is -2.14. The number of rotatable bonds is 8. The van der Waals surface area contributed by atoms with Crippen LogP contribution < -0.4 is 10.6 Å². The fourth-order valence-electron chi connectivity index (χ4n) is 1.29. The van der Waals surface area contributed by atoms with E-state index in [0.29, 0.717) is 31.0 Å². The summed E-state index contributed by atoms with van der Waals surface area (Å²) in [6, 6.07) is -1.40. The molecule has 1 aromatic heterocycles. The van der Waals surface area contributed by atoms with Crippen molar-refractivity contribution in [3.8, 4) is 0 Å². The first-order valence-electron chi connectivity index (χ1n) is 5.65. The Balaban J connectivity index is 2.25. The third-order valence-electron chi connectivity index (χ3n) is 2.25. The number of nitrogens with one attached hydrogen (secondary N) is 2. The summed E-state index contributed by atoms with van der Waals surface area (Å²) >= 11 is 1.53. The van der Waals surface area contributed by atoms with Crippen LogP contribution in [-0.4, -0.2) is 51.8 Å². The van der Waals surface area contributed by atoms with Gasteiger partial charge >= 0.3 is 12.0 Å². The molecule has 2 amide bonds. The second kappa shape index (κ2) is 8.35. The second-order valence-electron chi connectivity index (χ2n) is 3.66. The fourth-order valence-corrected chi connectivity index (χ4v) is 1.76. The van der Waals surface area contributed by atoms with Crippen molar-refractivity contribution in [2.24, 2.45) is 0 Å². The molecule has 3 N–H and O–H groups in total. The van der Waals surface area contributed by atoms with Gasteiger partial charge in [-0.1, -0.05) is 5.16 Å². The molecule has 0 aromatic carbocycles. The maximum absolute atomic E-state index is 11.5. The highest BCUT2D eigenvalue weighted by Gasteiger charge is 2.18. The summed E-state index contributed by atoms with van der Waals surface area (Å²) in [6.07, 6.45) is 3.94. The van der Waals surface area contributed by atoms with E-state index in [4.69, 9.17) is 9.63 Å². The monoisotopic (exact) mass is 288 g/mol. The smallest absolute Gasteiger partial charge is 0.326 e. The van der Waals surface area contributed by atoms with Gasteiger partial charge in [-0.15, -0.1) is 0 Å². The standard InChI is InChI=1S/C10H16N4O4S/c1-19-5-3-7(9(15)16)14-10(17)11-4-2-8-12-6-13-18-8/h6-7H,2-5H2,1H3,(H,15,16)(H2,11,14,17)/t7-/m1/s1. The minimum atomic E-state index is -1.04. The summed E-state index contributed by atoms with van der Waals surface area (Å²) in [5, 5.41) is 17.3. The van der Waals surface area contributed by atoms with Crippen molar-refractivity contribution in [3.05, 3.63) is 12.2 Å². The summed E-state index contributed by atoms with van der Waals surface area (Å²) in [4.78, 5) is 26.2. The van der Waals surface area contributed by atoms with Gasteiger partial charge in [-0.25, -0.2) is 9.59 Å². The van der Waals surface area contributed by atoms with Crippen LogP contribution in [0.4, 0.5) is 4.79 Å². The molecule has 0 bridgehead atoms. The molecule has 1 rings (SSSR count). The number of carbonyl (C=O) groups excluding carboxylic acids is 1. The molecule has 0 unspecified atom stereocenters. The molecule has 9 heteroatoms. The van der Waals surface area contributed by atoms with Crippen LogP contribution in [0.5, 0.6) is 0 Å². The van der Waals surface area contributed by atoms with E-state index in [9.17, 15) is 9.59 Å². The van der Waals surface area contributed by atoms with Gasteiger partial charge < -0.3 is 20.3 Å². The Morgan fingerprint density at radius 1 is 1.58 bits per heavy atom. The molecule has 0 radical (unpaired) electrons. The lowest BCUT2D eigenvalue weighted by atomic mass is 10.2. The molecule has 0 fully saturated rings. The SMILES string of the molecule is CSCC[C@@H](NC(=O)NCCc1ncno1)C(=O)O. The number of nitrogens with zero attached hydrogens (tertiary/aromatic N) is 2. The Morgan fingerprint density at radius 3 is 2.95 bits per heavy atom. The number of carboxylic acids is 1. The van der Waals surface area contributed by atoms with Crippen molar-refractivity contribution < 1.29 is 19.2 Å². The van der Waals surface area contributed by atoms with Crippen LogP contribution in [0.25, 0.3) is 0 Å². The van der Waals surface area contributed by atoms with Crippen molar-refractivity contribution >= 4 is 23.8 Å². The third-order valence-corrected chi connectivity index (χ3v) is 2.89. The second-order valence-corrected chi connectivity index (χ2v) is 4.64. The van der Waals surface area contributed by atoms with Crippen LogP contribution in [0.15, 0.2) is 10.9 Å². The Labute approximate surface area is 114 Å². The molecule has 1 aromatic rings. The normalized spacial score (nSPS) is 11.8. The van der Waals surface area contributed by atoms with Gasteiger partial charge in [-0.05, 0) is 18.4 Å². The minimum absolute atomic E-state index is 0.295. The molecule has 19 heavy (non-hydrogen) atoms. The maximum atomic E-state index is 11.5. The quantitative estimate of drug-likeness (QED) is 0.621. The molecule has 8 nitrogen and oxygen atoms in total. The molecular formula is C10H16N4O4S. The first kappa shape index (κ1) is 15.3. The van der Waals surface area contributed by atoms with Crippen molar-refractivity contribution in [1.29, 1.82) is 0 Å². The van der Waals surface area contributed by atoms with Crippen LogP contribution in [0.1, 0.15) is 12.3 Å². The molecule has 0 saturated heterocycles. The van der Waals surface area contributed by atoms with E-state index in [2.05, 4.69) is 20.8 Å². The molecule has 0 saturated carbocycles. The van der Waals surface area contributed by atoms with Crippen LogP contribution in [-0.2, 0) is 11.2 Å². The first-order valence-corrected chi connectivity index (χ1v) is 7.04. The van der Waals surface area contributed by atoms with Crippen molar-refractivity contribution in [1.82, 2.24) is 20.8 Å². The number of hydrogen-bond acceptors (Lipinski definition) is 6. The zero-order chi connectivity index (χ0) is 14.1. The molecule has 0 aliphatic heterocycles. The lowest BCUT2D eigenvalue weighted by Crippen LogP contribution is -2.46. The lowest BCUT2D eigenvalue weighted by molar-refractivity contribution is -0.139. The van der Waals surface area contributed by atoms with E-state index in [1.165, 1.54) is 18.1 Å². The first-order chi connectivity index (χ1) is 9.13.